The van der Waals surface area contributed by atoms with Crippen LogP contribution in [0, 0.1) is 16.0 Å². The van der Waals surface area contributed by atoms with E-state index in [2.05, 4.69) is 5.32 Å². The topological polar surface area (TPSA) is 110 Å². The third-order valence-corrected chi connectivity index (χ3v) is 3.97. The Labute approximate surface area is 127 Å². The molecule has 0 saturated heterocycles. The molecule has 22 heavy (non-hydrogen) atoms. The van der Waals surface area contributed by atoms with E-state index in [0.29, 0.717) is 18.4 Å². The van der Waals surface area contributed by atoms with Crippen molar-refractivity contribution in [2.75, 3.05) is 0 Å². The van der Waals surface area contributed by atoms with Gasteiger partial charge in [0.1, 0.15) is 0 Å². The summed E-state index contributed by atoms with van der Waals surface area (Å²) in [7, 11) is 0. The van der Waals surface area contributed by atoms with Gasteiger partial charge in [-0.2, -0.15) is 0 Å². The standard InChI is InChI=1S/C15H18N2O5/c18-14(9-10-5-1-4-8-13(10)17(21)22)16-12-7-3-2-6-11(12)15(19)20/h1,4-5,8,11-12H,2-3,6-7,9H2,(H,16,18)(H,19,20)/t11-,12+/m1/s1. The van der Waals surface area contributed by atoms with Crippen LogP contribution in [-0.2, 0) is 16.0 Å². The SMILES string of the molecule is O=C(Cc1ccccc1[N+](=O)[O-])N[C@H]1CCCC[C@H]1C(=O)O. The summed E-state index contributed by atoms with van der Waals surface area (Å²) in [5.41, 5.74) is 0.226. The van der Waals surface area contributed by atoms with Gasteiger partial charge in [-0.05, 0) is 12.8 Å². The number of aliphatic carboxylic acids is 1. The first kappa shape index (κ1) is 15.9. The monoisotopic (exact) mass is 306 g/mol. The maximum absolute atomic E-state index is 12.1. The van der Waals surface area contributed by atoms with E-state index < -0.39 is 22.9 Å². The fraction of sp³-hybridized carbons (Fsp3) is 0.467. The van der Waals surface area contributed by atoms with Gasteiger partial charge in [0.05, 0.1) is 17.3 Å². The fourth-order valence-electron chi connectivity index (χ4n) is 2.87. The summed E-state index contributed by atoms with van der Waals surface area (Å²) in [4.78, 5) is 33.7. The lowest BCUT2D eigenvalue weighted by Gasteiger charge is -2.29. The van der Waals surface area contributed by atoms with Crippen molar-refractivity contribution in [2.24, 2.45) is 5.92 Å². The second-order valence-electron chi connectivity index (χ2n) is 5.47. The molecule has 2 N–H and O–H groups in total. The van der Waals surface area contributed by atoms with Crippen molar-refractivity contribution >= 4 is 17.6 Å². The molecule has 1 saturated carbocycles. The third-order valence-electron chi connectivity index (χ3n) is 3.97. The summed E-state index contributed by atoms with van der Waals surface area (Å²) in [6.45, 7) is 0. The number of nitro groups is 1. The van der Waals surface area contributed by atoms with E-state index in [-0.39, 0.29) is 18.0 Å². The van der Waals surface area contributed by atoms with Gasteiger partial charge in [-0.3, -0.25) is 19.7 Å². The number of carboxylic acid groups (broad SMARTS) is 1. The molecular weight excluding hydrogens is 288 g/mol. The predicted molar refractivity (Wildman–Crippen MR) is 78.3 cm³/mol. The molecule has 0 unspecified atom stereocenters. The van der Waals surface area contributed by atoms with Crippen LogP contribution < -0.4 is 5.32 Å². The Morgan fingerprint density at radius 3 is 2.64 bits per heavy atom. The van der Waals surface area contributed by atoms with Crippen molar-refractivity contribution in [3.63, 3.8) is 0 Å². The lowest BCUT2D eigenvalue weighted by Crippen LogP contribution is -2.45. The van der Waals surface area contributed by atoms with Gasteiger partial charge in [-0.15, -0.1) is 0 Å². The molecular formula is C15H18N2O5. The zero-order valence-corrected chi connectivity index (χ0v) is 12.0. The molecule has 0 aliphatic heterocycles. The van der Waals surface area contributed by atoms with E-state index in [1.165, 1.54) is 12.1 Å². The van der Waals surface area contributed by atoms with Gasteiger partial charge in [0.2, 0.25) is 5.91 Å². The summed E-state index contributed by atoms with van der Waals surface area (Å²) in [5, 5.41) is 22.8. The Morgan fingerprint density at radius 2 is 1.95 bits per heavy atom. The quantitative estimate of drug-likeness (QED) is 0.637. The number of para-hydroxylation sites is 1. The molecule has 2 rings (SSSR count). The van der Waals surface area contributed by atoms with Crippen molar-refractivity contribution in [2.45, 2.75) is 38.1 Å². The van der Waals surface area contributed by atoms with Gasteiger partial charge in [-0.25, -0.2) is 0 Å². The molecule has 1 aliphatic rings. The zero-order chi connectivity index (χ0) is 16.1. The highest BCUT2D eigenvalue weighted by Crippen LogP contribution is 2.25. The summed E-state index contributed by atoms with van der Waals surface area (Å²) < 4.78 is 0. The van der Waals surface area contributed by atoms with E-state index in [4.69, 9.17) is 0 Å². The zero-order valence-electron chi connectivity index (χ0n) is 12.0. The highest BCUT2D eigenvalue weighted by Gasteiger charge is 2.32. The van der Waals surface area contributed by atoms with Gasteiger partial charge in [0.25, 0.3) is 5.69 Å². The minimum atomic E-state index is -0.907. The van der Waals surface area contributed by atoms with Crippen LogP contribution in [0.5, 0.6) is 0 Å². The van der Waals surface area contributed by atoms with Crippen molar-refractivity contribution in [3.05, 3.63) is 39.9 Å². The smallest absolute Gasteiger partial charge is 0.308 e. The maximum Gasteiger partial charge on any atom is 0.308 e. The van der Waals surface area contributed by atoms with E-state index >= 15 is 0 Å². The van der Waals surface area contributed by atoms with Gasteiger partial charge in [0, 0.05) is 17.7 Å². The number of carbonyl (C=O) groups is 2. The molecule has 118 valence electrons. The lowest BCUT2D eigenvalue weighted by atomic mass is 9.84. The maximum atomic E-state index is 12.1. The van der Waals surface area contributed by atoms with E-state index in [0.717, 1.165) is 12.8 Å². The average molecular weight is 306 g/mol. The molecule has 0 spiro atoms. The summed E-state index contributed by atoms with van der Waals surface area (Å²) in [6.07, 6.45) is 2.76. The second kappa shape index (κ2) is 7.02. The summed E-state index contributed by atoms with van der Waals surface area (Å²) in [5.74, 6) is -1.87. The average Bonchev–Trinajstić information content (AvgIpc) is 2.47. The molecule has 2 atom stereocenters. The molecule has 1 aromatic rings. The van der Waals surface area contributed by atoms with E-state index in [9.17, 15) is 24.8 Å². The first-order valence-electron chi connectivity index (χ1n) is 7.23. The van der Waals surface area contributed by atoms with Crippen LogP contribution in [0.25, 0.3) is 0 Å². The molecule has 0 aromatic heterocycles. The normalized spacial score (nSPS) is 21.1. The Bertz CT molecular complexity index is 587. The minimum Gasteiger partial charge on any atom is -0.481 e. The first-order valence-corrected chi connectivity index (χ1v) is 7.23. The van der Waals surface area contributed by atoms with Crippen LogP contribution in [0.3, 0.4) is 0 Å². The molecule has 0 bridgehead atoms. The molecule has 7 heteroatoms. The number of amides is 1. The number of carbonyl (C=O) groups excluding carboxylic acids is 1. The molecule has 0 heterocycles. The molecule has 1 fully saturated rings. The Morgan fingerprint density at radius 1 is 1.27 bits per heavy atom. The van der Waals surface area contributed by atoms with Crippen LogP contribution in [0.15, 0.2) is 24.3 Å². The third kappa shape index (κ3) is 3.81. The largest absolute Gasteiger partial charge is 0.481 e. The lowest BCUT2D eigenvalue weighted by molar-refractivity contribution is -0.385. The molecule has 1 aliphatic carbocycles. The highest BCUT2D eigenvalue weighted by atomic mass is 16.6. The Hall–Kier alpha value is -2.44. The van der Waals surface area contributed by atoms with E-state index in [1.54, 1.807) is 12.1 Å². The Balaban J connectivity index is 2.04. The van der Waals surface area contributed by atoms with Crippen LogP contribution in [0.1, 0.15) is 31.2 Å². The number of hydrogen-bond donors (Lipinski definition) is 2. The van der Waals surface area contributed by atoms with Crippen molar-refractivity contribution in [1.82, 2.24) is 5.32 Å². The van der Waals surface area contributed by atoms with Gasteiger partial charge >= 0.3 is 5.97 Å². The minimum absolute atomic E-state index is 0.101. The number of carboxylic acids is 1. The van der Waals surface area contributed by atoms with Gasteiger partial charge in [0.15, 0.2) is 0 Å². The number of rotatable bonds is 5. The van der Waals surface area contributed by atoms with Crippen LogP contribution in [0.2, 0.25) is 0 Å². The summed E-state index contributed by atoms with van der Waals surface area (Å²) >= 11 is 0. The molecule has 1 aromatic carbocycles. The van der Waals surface area contributed by atoms with Gasteiger partial charge < -0.3 is 10.4 Å². The summed E-state index contributed by atoms with van der Waals surface area (Å²) in [6, 6.07) is 5.66. The number of nitro benzene ring substituents is 1. The molecule has 1 amide bonds. The number of nitrogens with one attached hydrogen (secondary N) is 1. The highest BCUT2D eigenvalue weighted by molar-refractivity contribution is 5.81. The van der Waals surface area contributed by atoms with Crippen LogP contribution in [-0.4, -0.2) is 27.9 Å². The number of benzene rings is 1. The van der Waals surface area contributed by atoms with Crippen molar-refractivity contribution in [1.29, 1.82) is 0 Å². The van der Waals surface area contributed by atoms with Crippen LogP contribution in [0.4, 0.5) is 5.69 Å². The number of hydrogen-bond acceptors (Lipinski definition) is 4. The van der Waals surface area contributed by atoms with Crippen molar-refractivity contribution < 1.29 is 19.6 Å². The first-order chi connectivity index (χ1) is 10.5. The predicted octanol–water partition coefficient (Wildman–Crippen LogP) is 1.90. The fourth-order valence-corrected chi connectivity index (χ4v) is 2.87. The van der Waals surface area contributed by atoms with Crippen molar-refractivity contribution in [3.8, 4) is 0 Å². The number of nitrogens with zero attached hydrogens (tertiary/aromatic N) is 1. The Kier molecular flexibility index (Phi) is 5.08. The van der Waals surface area contributed by atoms with Gasteiger partial charge in [-0.1, -0.05) is 31.0 Å². The molecule has 7 nitrogen and oxygen atoms in total. The van der Waals surface area contributed by atoms with E-state index in [1.807, 2.05) is 0 Å². The van der Waals surface area contributed by atoms with Crippen LogP contribution >= 0.6 is 0 Å². The second-order valence-corrected chi connectivity index (χ2v) is 5.47. The molecule has 0 radical (unpaired) electrons.